The van der Waals surface area contributed by atoms with E-state index in [0.29, 0.717) is 16.2 Å². The van der Waals surface area contributed by atoms with Crippen LogP contribution in [0.25, 0.3) is 0 Å². The Labute approximate surface area is 128 Å². The van der Waals surface area contributed by atoms with Crippen molar-refractivity contribution in [2.45, 2.75) is 6.42 Å². The van der Waals surface area contributed by atoms with Gasteiger partial charge in [0.05, 0.1) is 12.1 Å². The van der Waals surface area contributed by atoms with Gasteiger partial charge < -0.3 is 9.73 Å². The van der Waals surface area contributed by atoms with Crippen LogP contribution >= 0.6 is 15.9 Å². The zero-order valence-corrected chi connectivity index (χ0v) is 12.3. The minimum Gasteiger partial charge on any atom is -0.444 e. The van der Waals surface area contributed by atoms with Crippen molar-refractivity contribution < 1.29 is 14.0 Å². The highest BCUT2D eigenvalue weighted by Crippen LogP contribution is 2.19. The van der Waals surface area contributed by atoms with Gasteiger partial charge in [0.1, 0.15) is 5.84 Å². The van der Waals surface area contributed by atoms with Gasteiger partial charge in [-0.1, -0.05) is 18.2 Å². The van der Waals surface area contributed by atoms with E-state index in [1.165, 1.54) is 11.1 Å². The fourth-order valence-electron chi connectivity index (χ4n) is 1.90. The van der Waals surface area contributed by atoms with Gasteiger partial charge in [0.2, 0.25) is 0 Å². The summed E-state index contributed by atoms with van der Waals surface area (Å²) in [6.07, 6.45) is 0.0442. The number of hydrogen-bond acceptors (Lipinski definition) is 4. The van der Waals surface area contributed by atoms with Crippen LogP contribution in [0.4, 0.5) is 5.69 Å². The quantitative estimate of drug-likeness (QED) is 0.906. The normalized spacial score (nSPS) is 14.2. The molecule has 0 unspecified atom stereocenters. The average Bonchev–Trinajstić information content (AvgIpc) is 3.06. The molecule has 0 aliphatic carbocycles. The molecule has 21 heavy (non-hydrogen) atoms. The van der Waals surface area contributed by atoms with Crippen LogP contribution in [0.1, 0.15) is 17.0 Å². The summed E-state index contributed by atoms with van der Waals surface area (Å²) in [7, 11) is 0. The van der Waals surface area contributed by atoms with Crippen LogP contribution < -0.4 is 10.3 Å². The average molecular weight is 348 g/mol. The minimum absolute atomic E-state index is 0.0442. The van der Waals surface area contributed by atoms with Gasteiger partial charge >= 0.3 is 0 Å². The summed E-state index contributed by atoms with van der Waals surface area (Å²) in [5.41, 5.74) is 0.660. The van der Waals surface area contributed by atoms with E-state index in [1.807, 2.05) is 18.2 Å². The smallest absolute Gasteiger partial charge is 0.292 e. The second kappa shape index (κ2) is 5.53. The molecule has 0 atom stereocenters. The molecule has 0 saturated carbocycles. The van der Waals surface area contributed by atoms with Crippen LogP contribution in [0.3, 0.4) is 0 Å². The molecule has 0 bridgehead atoms. The Hall–Kier alpha value is -2.41. The van der Waals surface area contributed by atoms with E-state index in [2.05, 4.69) is 26.3 Å². The number of amides is 2. The van der Waals surface area contributed by atoms with E-state index in [1.54, 1.807) is 18.2 Å². The third kappa shape index (κ3) is 2.87. The lowest BCUT2D eigenvalue weighted by molar-refractivity contribution is -0.116. The molecule has 2 amide bonds. The van der Waals surface area contributed by atoms with Crippen molar-refractivity contribution in [3.63, 3.8) is 0 Å². The fourth-order valence-corrected chi connectivity index (χ4v) is 2.21. The van der Waals surface area contributed by atoms with Crippen molar-refractivity contribution in [2.24, 2.45) is 5.10 Å². The lowest BCUT2D eigenvalue weighted by Crippen LogP contribution is -2.29. The van der Waals surface area contributed by atoms with Gasteiger partial charge in [-0.05, 0) is 40.2 Å². The first-order valence-corrected chi connectivity index (χ1v) is 6.95. The summed E-state index contributed by atoms with van der Waals surface area (Å²) < 4.78 is 5.61. The number of amidine groups is 1. The first kappa shape index (κ1) is 13.6. The van der Waals surface area contributed by atoms with Crippen LogP contribution in [0.2, 0.25) is 0 Å². The predicted molar refractivity (Wildman–Crippen MR) is 79.9 cm³/mol. The van der Waals surface area contributed by atoms with Crippen molar-refractivity contribution >= 4 is 39.3 Å². The Morgan fingerprint density at radius 2 is 2.00 bits per heavy atom. The standard InChI is InChI=1S/C14H10BrN3O3/c15-11-7-6-10(21-11)14(20)16-12-8-13(19)18(17-12)9-4-2-1-3-5-9/h1-7H,8H2,(H,16,17,20). The second-order valence-electron chi connectivity index (χ2n) is 4.32. The van der Waals surface area contributed by atoms with Crippen molar-refractivity contribution in [2.75, 3.05) is 5.01 Å². The first-order chi connectivity index (χ1) is 10.1. The molecule has 0 saturated heterocycles. The number of carbonyl (C=O) groups is 2. The maximum absolute atomic E-state index is 11.9. The zero-order valence-electron chi connectivity index (χ0n) is 10.7. The van der Waals surface area contributed by atoms with Crippen LogP contribution in [0.5, 0.6) is 0 Å². The number of nitrogens with zero attached hydrogens (tertiary/aromatic N) is 2. The lowest BCUT2D eigenvalue weighted by atomic mass is 10.3. The maximum atomic E-state index is 11.9. The third-order valence-corrected chi connectivity index (χ3v) is 3.26. The largest absolute Gasteiger partial charge is 0.444 e. The highest BCUT2D eigenvalue weighted by Gasteiger charge is 2.27. The van der Waals surface area contributed by atoms with E-state index < -0.39 is 5.91 Å². The van der Waals surface area contributed by atoms with E-state index in [4.69, 9.17) is 4.42 Å². The van der Waals surface area contributed by atoms with Crippen molar-refractivity contribution in [3.05, 3.63) is 52.9 Å². The summed E-state index contributed by atoms with van der Waals surface area (Å²) >= 11 is 3.12. The van der Waals surface area contributed by atoms with Gasteiger partial charge in [-0.3, -0.25) is 9.59 Å². The molecule has 0 spiro atoms. The van der Waals surface area contributed by atoms with Crippen LogP contribution in [-0.4, -0.2) is 17.6 Å². The Morgan fingerprint density at radius 3 is 2.67 bits per heavy atom. The topological polar surface area (TPSA) is 74.9 Å². The number of nitrogens with one attached hydrogen (secondary N) is 1. The van der Waals surface area contributed by atoms with E-state index in [-0.39, 0.29) is 18.1 Å². The first-order valence-electron chi connectivity index (χ1n) is 6.15. The number of hydrazone groups is 1. The van der Waals surface area contributed by atoms with Gasteiger partial charge in [0.25, 0.3) is 11.8 Å². The molecular weight excluding hydrogens is 338 g/mol. The molecule has 1 aliphatic heterocycles. The molecular formula is C14H10BrN3O3. The lowest BCUT2D eigenvalue weighted by Gasteiger charge is -2.10. The molecule has 1 aliphatic rings. The summed E-state index contributed by atoms with van der Waals surface area (Å²) in [5, 5.41) is 7.97. The fraction of sp³-hybridized carbons (Fsp3) is 0.0714. The van der Waals surface area contributed by atoms with E-state index in [9.17, 15) is 9.59 Å². The van der Waals surface area contributed by atoms with Gasteiger partial charge in [0, 0.05) is 0 Å². The van der Waals surface area contributed by atoms with Crippen LogP contribution in [0, 0.1) is 0 Å². The SMILES string of the molecule is O=C(NC1=NN(c2ccccc2)C(=O)C1)c1ccc(Br)o1. The predicted octanol–water partition coefficient (Wildman–Crippen LogP) is 2.52. The summed E-state index contributed by atoms with van der Waals surface area (Å²) in [6, 6.07) is 12.2. The van der Waals surface area contributed by atoms with Gasteiger partial charge in [-0.15, -0.1) is 0 Å². The molecule has 7 heteroatoms. The zero-order chi connectivity index (χ0) is 14.8. The number of anilines is 1. The molecule has 2 heterocycles. The van der Waals surface area contributed by atoms with Gasteiger partial charge in [-0.2, -0.15) is 10.1 Å². The van der Waals surface area contributed by atoms with Gasteiger partial charge in [-0.25, -0.2) is 0 Å². The number of halogens is 1. The van der Waals surface area contributed by atoms with Crippen LogP contribution in [0.15, 0.2) is 56.7 Å². The maximum Gasteiger partial charge on any atom is 0.292 e. The highest BCUT2D eigenvalue weighted by molar-refractivity contribution is 9.10. The van der Waals surface area contributed by atoms with E-state index >= 15 is 0 Å². The van der Waals surface area contributed by atoms with E-state index in [0.717, 1.165) is 0 Å². The Bertz CT molecular complexity index is 724. The van der Waals surface area contributed by atoms with Crippen LogP contribution in [-0.2, 0) is 4.79 Å². The number of benzene rings is 1. The third-order valence-electron chi connectivity index (χ3n) is 2.83. The number of furan rings is 1. The molecule has 0 radical (unpaired) electrons. The number of para-hydroxylation sites is 1. The molecule has 106 valence electrons. The number of carbonyl (C=O) groups excluding carboxylic acids is 2. The molecule has 6 nitrogen and oxygen atoms in total. The Kier molecular flexibility index (Phi) is 3.57. The van der Waals surface area contributed by atoms with Crippen molar-refractivity contribution in [1.82, 2.24) is 5.32 Å². The monoisotopic (exact) mass is 347 g/mol. The summed E-state index contributed by atoms with van der Waals surface area (Å²) in [5.74, 6) is -0.198. The summed E-state index contributed by atoms with van der Waals surface area (Å²) in [6.45, 7) is 0. The van der Waals surface area contributed by atoms with Gasteiger partial charge in [0.15, 0.2) is 10.4 Å². The molecule has 1 aromatic carbocycles. The summed E-state index contributed by atoms with van der Waals surface area (Å²) in [4.78, 5) is 23.9. The molecule has 1 aromatic heterocycles. The molecule has 3 rings (SSSR count). The van der Waals surface area contributed by atoms with Crippen molar-refractivity contribution in [3.8, 4) is 0 Å². The molecule has 0 fully saturated rings. The molecule has 1 N–H and O–H groups in total. The number of rotatable bonds is 2. The second-order valence-corrected chi connectivity index (χ2v) is 5.10. The highest BCUT2D eigenvalue weighted by atomic mass is 79.9. The molecule has 2 aromatic rings. The Balaban J connectivity index is 1.75. The number of hydrogen-bond donors (Lipinski definition) is 1. The Morgan fingerprint density at radius 1 is 1.24 bits per heavy atom. The minimum atomic E-state index is -0.442. The van der Waals surface area contributed by atoms with Crippen molar-refractivity contribution in [1.29, 1.82) is 0 Å².